The number of rotatable bonds is 3. The first kappa shape index (κ1) is 13.8. The van der Waals surface area contributed by atoms with Crippen LogP contribution in [0.15, 0.2) is 42.5 Å². The van der Waals surface area contributed by atoms with Crippen molar-refractivity contribution in [3.05, 3.63) is 53.9 Å². The fourth-order valence-electron chi connectivity index (χ4n) is 2.75. The van der Waals surface area contributed by atoms with Crippen LogP contribution in [0.1, 0.15) is 30.1 Å². The first-order valence-electron chi connectivity index (χ1n) is 7.75. The number of hydrogen-bond acceptors (Lipinski definition) is 5. The van der Waals surface area contributed by atoms with Gasteiger partial charge in [-0.3, -0.25) is 4.98 Å². The molecule has 3 aromatic rings. The van der Waals surface area contributed by atoms with Gasteiger partial charge in [0.15, 0.2) is 0 Å². The highest BCUT2D eigenvalue weighted by molar-refractivity contribution is 5.78. The number of anilines is 1. The number of nitrogens with two attached hydrogens (primary N) is 1. The Hall–Kier alpha value is -2.82. The summed E-state index contributed by atoms with van der Waals surface area (Å²) >= 11 is 0. The van der Waals surface area contributed by atoms with Crippen LogP contribution in [-0.2, 0) is 0 Å². The Balaban J connectivity index is 1.89. The third kappa shape index (κ3) is 2.77. The minimum atomic E-state index is 0.181. The number of aryl methyl sites for hydroxylation is 1. The van der Waals surface area contributed by atoms with Gasteiger partial charge in [-0.15, -0.1) is 10.2 Å². The topological polar surface area (TPSA) is 77.6 Å². The smallest absolute Gasteiger partial charge is 0.240 e. The van der Waals surface area contributed by atoms with Crippen LogP contribution in [0, 0.1) is 6.92 Å². The Morgan fingerprint density at radius 2 is 1.70 bits per heavy atom. The molecule has 5 nitrogen and oxygen atoms in total. The molecule has 2 aromatic heterocycles. The Morgan fingerprint density at radius 3 is 2.43 bits per heavy atom. The maximum atomic E-state index is 5.76. The lowest BCUT2D eigenvalue weighted by molar-refractivity contribution is 0.977. The molecule has 0 unspecified atom stereocenters. The van der Waals surface area contributed by atoms with E-state index in [0.29, 0.717) is 5.92 Å². The van der Waals surface area contributed by atoms with Gasteiger partial charge in [0.25, 0.3) is 0 Å². The molecule has 0 amide bonds. The van der Waals surface area contributed by atoms with Crippen molar-refractivity contribution >= 4 is 5.95 Å². The number of nitrogen functional groups attached to an aromatic ring is 1. The molecule has 2 N–H and O–H groups in total. The molecule has 1 aromatic carbocycles. The van der Waals surface area contributed by atoms with Crippen molar-refractivity contribution in [1.82, 2.24) is 20.2 Å². The van der Waals surface area contributed by atoms with Crippen molar-refractivity contribution in [2.75, 3.05) is 5.73 Å². The first-order chi connectivity index (χ1) is 11.2. The zero-order chi connectivity index (χ0) is 15.8. The lowest BCUT2D eigenvalue weighted by Gasteiger charge is -2.10. The standard InChI is InChI=1S/C18H17N5/c1-11-9-14(10-15(20-11)12-7-8-12)17-16(21-18(19)23-22-17)13-5-3-2-4-6-13/h2-6,9-10,12H,7-8H2,1H3,(H2,19,21,23). The van der Waals surface area contributed by atoms with E-state index in [1.165, 1.54) is 12.8 Å². The van der Waals surface area contributed by atoms with Crippen molar-refractivity contribution in [3.63, 3.8) is 0 Å². The van der Waals surface area contributed by atoms with E-state index < -0.39 is 0 Å². The molecule has 1 saturated carbocycles. The van der Waals surface area contributed by atoms with Crippen LogP contribution in [0.25, 0.3) is 22.5 Å². The van der Waals surface area contributed by atoms with E-state index in [4.69, 9.17) is 5.73 Å². The lowest BCUT2D eigenvalue weighted by atomic mass is 10.0. The van der Waals surface area contributed by atoms with Crippen molar-refractivity contribution < 1.29 is 0 Å². The van der Waals surface area contributed by atoms with E-state index in [1.54, 1.807) is 0 Å². The molecule has 0 atom stereocenters. The summed E-state index contributed by atoms with van der Waals surface area (Å²) in [6, 6.07) is 14.1. The van der Waals surface area contributed by atoms with E-state index in [0.717, 1.165) is 33.9 Å². The molecule has 0 aliphatic heterocycles. The van der Waals surface area contributed by atoms with Gasteiger partial charge in [0, 0.05) is 28.4 Å². The first-order valence-corrected chi connectivity index (χ1v) is 7.75. The number of pyridine rings is 1. The molecule has 1 aliphatic rings. The van der Waals surface area contributed by atoms with Crippen LogP contribution in [0.4, 0.5) is 5.95 Å². The van der Waals surface area contributed by atoms with Gasteiger partial charge in [-0.05, 0) is 31.9 Å². The second kappa shape index (κ2) is 5.43. The zero-order valence-corrected chi connectivity index (χ0v) is 12.9. The second-order valence-corrected chi connectivity index (χ2v) is 5.93. The van der Waals surface area contributed by atoms with Gasteiger partial charge < -0.3 is 5.73 Å². The van der Waals surface area contributed by atoms with Crippen LogP contribution in [0.2, 0.25) is 0 Å². The van der Waals surface area contributed by atoms with Crippen molar-refractivity contribution in [2.45, 2.75) is 25.7 Å². The van der Waals surface area contributed by atoms with Gasteiger partial charge >= 0.3 is 0 Å². The predicted molar refractivity (Wildman–Crippen MR) is 89.6 cm³/mol. The third-order valence-electron chi connectivity index (χ3n) is 3.99. The number of benzene rings is 1. The summed E-state index contributed by atoms with van der Waals surface area (Å²) in [5, 5.41) is 8.28. The van der Waals surface area contributed by atoms with Crippen LogP contribution < -0.4 is 5.73 Å². The fraction of sp³-hybridized carbons (Fsp3) is 0.222. The van der Waals surface area contributed by atoms with Gasteiger partial charge in [-0.25, -0.2) is 4.98 Å². The average Bonchev–Trinajstić information content (AvgIpc) is 3.40. The SMILES string of the molecule is Cc1cc(-c2nnc(N)nc2-c2ccccc2)cc(C2CC2)n1. The van der Waals surface area contributed by atoms with Gasteiger partial charge in [0.1, 0.15) is 11.4 Å². The van der Waals surface area contributed by atoms with Crippen molar-refractivity contribution in [2.24, 2.45) is 0 Å². The van der Waals surface area contributed by atoms with Gasteiger partial charge in [-0.2, -0.15) is 0 Å². The summed E-state index contributed by atoms with van der Waals surface area (Å²) in [5.74, 6) is 0.768. The molecule has 2 heterocycles. The van der Waals surface area contributed by atoms with E-state index in [-0.39, 0.29) is 5.95 Å². The fourth-order valence-corrected chi connectivity index (χ4v) is 2.75. The minimum Gasteiger partial charge on any atom is -0.366 e. The monoisotopic (exact) mass is 303 g/mol. The third-order valence-corrected chi connectivity index (χ3v) is 3.99. The molecule has 23 heavy (non-hydrogen) atoms. The predicted octanol–water partition coefficient (Wildman–Crippen LogP) is 3.37. The summed E-state index contributed by atoms with van der Waals surface area (Å²) in [6.07, 6.45) is 2.43. The van der Waals surface area contributed by atoms with E-state index in [2.05, 4.69) is 26.2 Å². The molecule has 4 rings (SSSR count). The Kier molecular flexibility index (Phi) is 3.26. The summed E-state index contributed by atoms with van der Waals surface area (Å²) in [4.78, 5) is 9.07. The Bertz CT molecular complexity index is 857. The van der Waals surface area contributed by atoms with E-state index >= 15 is 0 Å². The molecule has 114 valence electrons. The summed E-state index contributed by atoms with van der Waals surface area (Å²) in [5.41, 5.74) is 11.4. The summed E-state index contributed by atoms with van der Waals surface area (Å²) in [6.45, 7) is 2.01. The molecule has 1 fully saturated rings. The maximum Gasteiger partial charge on any atom is 0.240 e. The van der Waals surface area contributed by atoms with E-state index in [9.17, 15) is 0 Å². The molecule has 0 spiro atoms. The number of hydrogen-bond donors (Lipinski definition) is 1. The van der Waals surface area contributed by atoms with Gasteiger partial charge in [-0.1, -0.05) is 30.3 Å². The minimum absolute atomic E-state index is 0.181. The van der Waals surface area contributed by atoms with E-state index in [1.807, 2.05) is 43.3 Å². The lowest BCUT2D eigenvalue weighted by Crippen LogP contribution is -2.03. The highest BCUT2D eigenvalue weighted by atomic mass is 15.2. The second-order valence-electron chi connectivity index (χ2n) is 5.93. The Labute approximate surface area is 134 Å². The average molecular weight is 303 g/mol. The molecule has 1 aliphatic carbocycles. The van der Waals surface area contributed by atoms with Gasteiger partial charge in [0.2, 0.25) is 5.95 Å². The summed E-state index contributed by atoms with van der Waals surface area (Å²) in [7, 11) is 0. The Morgan fingerprint density at radius 1 is 0.913 bits per heavy atom. The van der Waals surface area contributed by atoms with Crippen LogP contribution in [-0.4, -0.2) is 20.2 Å². The molecule has 0 saturated heterocycles. The van der Waals surface area contributed by atoms with Crippen molar-refractivity contribution in [1.29, 1.82) is 0 Å². The molecular formula is C18H17N5. The maximum absolute atomic E-state index is 5.76. The molecule has 5 heteroatoms. The van der Waals surface area contributed by atoms with Crippen LogP contribution in [0.3, 0.4) is 0 Å². The van der Waals surface area contributed by atoms with Crippen LogP contribution in [0.5, 0.6) is 0 Å². The normalized spacial score (nSPS) is 14.0. The zero-order valence-electron chi connectivity index (χ0n) is 12.9. The molecule has 0 radical (unpaired) electrons. The molecule has 0 bridgehead atoms. The van der Waals surface area contributed by atoms with Gasteiger partial charge in [0.05, 0.1) is 0 Å². The highest BCUT2D eigenvalue weighted by Crippen LogP contribution is 2.40. The summed E-state index contributed by atoms with van der Waals surface area (Å²) < 4.78 is 0. The van der Waals surface area contributed by atoms with Crippen molar-refractivity contribution in [3.8, 4) is 22.5 Å². The van der Waals surface area contributed by atoms with Crippen LogP contribution >= 0.6 is 0 Å². The number of nitrogens with zero attached hydrogens (tertiary/aromatic N) is 4. The molecular weight excluding hydrogens is 286 g/mol. The number of aromatic nitrogens is 4. The largest absolute Gasteiger partial charge is 0.366 e. The highest BCUT2D eigenvalue weighted by Gasteiger charge is 2.26. The quantitative estimate of drug-likeness (QED) is 0.802.